The van der Waals surface area contributed by atoms with Crippen LogP contribution in [0.5, 0.6) is 0 Å². The monoisotopic (exact) mass is 192 g/mol. The Bertz CT molecular complexity index is 314. The topological polar surface area (TPSA) is 64.3 Å². The zero-order chi connectivity index (χ0) is 10.1. The summed E-state index contributed by atoms with van der Waals surface area (Å²) in [6, 6.07) is 2.04. The predicted molar refractivity (Wildman–Crippen MR) is 49.5 cm³/mol. The Morgan fingerprint density at radius 2 is 2.07 bits per heavy atom. The number of likely N-dealkylation sites (tertiary alicyclic amines) is 1. The fraction of sp³-hybridized carbons (Fsp3) is 0.600. The molecule has 2 rings (SSSR count). The highest BCUT2D eigenvalue weighted by atomic mass is 16.4. The lowest BCUT2D eigenvalue weighted by Crippen LogP contribution is -2.27. The SMILES string of the molecule is N#C/C=C1\C[C@@H]2CN(C(=O)O)C[C@@H]2C1. The number of carboxylic acid groups (broad SMARTS) is 1. The third-order valence-electron chi connectivity index (χ3n) is 3.16. The summed E-state index contributed by atoms with van der Waals surface area (Å²) in [4.78, 5) is 12.2. The Balaban J connectivity index is 2.00. The number of hydrogen-bond donors (Lipinski definition) is 1. The average molecular weight is 192 g/mol. The molecule has 14 heavy (non-hydrogen) atoms. The van der Waals surface area contributed by atoms with Crippen LogP contribution in [-0.2, 0) is 0 Å². The first kappa shape index (κ1) is 9.07. The standard InChI is InChI=1S/C10H12N2O2/c11-2-1-7-3-8-5-12(10(13)14)6-9(8)4-7/h1,8-9H,3-6H2,(H,13,14)/b7-1-/t8-,9+/m0/s1. The van der Waals surface area contributed by atoms with E-state index in [4.69, 9.17) is 10.4 Å². The average Bonchev–Trinajstić information content (AvgIpc) is 2.61. The van der Waals surface area contributed by atoms with Gasteiger partial charge < -0.3 is 10.0 Å². The van der Waals surface area contributed by atoms with Crippen LogP contribution in [-0.4, -0.2) is 29.2 Å². The largest absolute Gasteiger partial charge is 0.465 e. The molecule has 0 aromatic rings. The number of amides is 1. The lowest BCUT2D eigenvalue weighted by Gasteiger charge is -2.12. The Labute approximate surface area is 82.4 Å². The van der Waals surface area contributed by atoms with Crippen molar-refractivity contribution in [2.24, 2.45) is 11.8 Å². The molecule has 0 radical (unpaired) electrons. The molecular weight excluding hydrogens is 180 g/mol. The summed E-state index contributed by atoms with van der Waals surface area (Å²) in [7, 11) is 0. The van der Waals surface area contributed by atoms with E-state index in [1.807, 2.05) is 6.07 Å². The molecule has 1 saturated carbocycles. The van der Waals surface area contributed by atoms with Crippen molar-refractivity contribution in [2.75, 3.05) is 13.1 Å². The maximum atomic E-state index is 10.7. The van der Waals surface area contributed by atoms with Crippen molar-refractivity contribution in [2.45, 2.75) is 12.8 Å². The van der Waals surface area contributed by atoms with Crippen LogP contribution in [0.4, 0.5) is 4.79 Å². The Hall–Kier alpha value is -1.50. The van der Waals surface area contributed by atoms with Gasteiger partial charge in [0.15, 0.2) is 0 Å². The minimum absolute atomic E-state index is 0.450. The summed E-state index contributed by atoms with van der Waals surface area (Å²) in [5.41, 5.74) is 1.19. The van der Waals surface area contributed by atoms with Crippen molar-refractivity contribution < 1.29 is 9.90 Å². The molecule has 2 atom stereocenters. The van der Waals surface area contributed by atoms with E-state index in [9.17, 15) is 4.79 Å². The van der Waals surface area contributed by atoms with Gasteiger partial charge in [0, 0.05) is 19.2 Å². The minimum atomic E-state index is -0.815. The second kappa shape index (κ2) is 3.33. The first-order valence-electron chi connectivity index (χ1n) is 4.76. The molecule has 0 bridgehead atoms. The van der Waals surface area contributed by atoms with Gasteiger partial charge in [-0.3, -0.25) is 0 Å². The van der Waals surface area contributed by atoms with Crippen LogP contribution in [0.2, 0.25) is 0 Å². The molecule has 1 N–H and O–H groups in total. The molecule has 2 fully saturated rings. The highest BCUT2D eigenvalue weighted by Gasteiger charge is 2.39. The molecule has 2 aliphatic rings. The Kier molecular flexibility index (Phi) is 2.16. The van der Waals surface area contributed by atoms with Gasteiger partial charge in [-0.05, 0) is 24.7 Å². The lowest BCUT2D eigenvalue weighted by atomic mass is 10.0. The maximum absolute atomic E-state index is 10.7. The van der Waals surface area contributed by atoms with Crippen molar-refractivity contribution in [1.29, 1.82) is 5.26 Å². The molecular formula is C10H12N2O2. The minimum Gasteiger partial charge on any atom is -0.465 e. The van der Waals surface area contributed by atoms with Crippen LogP contribution < -0.4 is 0 Å². The van der Waals surface area contributed by atoms with Crippen LogP contribution in [0.15, 0.2) is 11.6 Å². The molecule has 0 aromatic heterocycles. The molecule has 4 nitrogen and oxygen atoms in total. The van der Waals surface area contributed by atoms with Crippen molar-refractivity contribution in [3.63, 3.8) is 0 Å². The van der Waals surface area contributed by atoms with E-state index in [2.05, 4.69) is 0 Å². The summed E-state index contributed by atoms with van der Waals surface area (Å²) in [5, 5.41) is 17.3. The summed E-state index contributed by atoms with van der Waals surface area (Å²) >= 11 is 0. The maximum Gasteiger partial charge on any atom is 0.407 e. The van der Waals surface area contributed by atoms with Crippen LogP contribution in [0, 0.1) is 23.2 Å². The highest BCUT2D eigenvalue weighted by molar-refractivity contribution is 5.65. The van der Waals surface area contributed by atoms with Crippen molar-refractivity contribution in [3.8, 4) is 6.07 Å². The molecule has 74 valence electrons. The van der Waals surface area contributed by atoms with Gasteiger partial charge in [-0.15, -0.1) is 0 Å². The van der Waals surface area contributed by atoms with Crippen molar-refractivity contribution in [3.05, 3.63) is 11.6 Å². The number of fused-ring (bicyclic) bond motifs is 1. The van der Waals surface area contributed by atoms with Crippen LogP contribution in [0.25, 0.3) is 0 Å². The van der Waals surface area contributed by atoms with Gasteiger partial charge >= 0.3 is 6.09 Å². The van der Waals surface area contributed by atoms with Gasteiger partial charge in [0.2, 0.25) is 0 Å². The number of carbonyl (C=O) groups is 1. The number of nitriles is 1. The Morgan fingerprint density at radius 1 is 1.50 bits per heavy atom. The summed E-state index contributed by atoms with van der Waals surface area (Å²) in [6.45, 7) is 1.28. The first-order chi connectivity index (χ1) is 6.70. The normalized spacial score (nSPS) is 33.1. The molecule has 1 aliphatic carbocycles. The molecule has 1 heterocycles. The van der Waals surface area contributed by atoms with Crippen molar-refractivity contribution in [1.82, 2.24) is 4.90 Å². The van der Waals surface area contributed by atoms with E-state index < -0.39 is 6.09 Å². The summed E-state index contributed by atoms with van der Waals surface area (Å²) in [6.07, 6.45) is 2.61. The van der Waals surface area contributed by atoms with E-state index in [1.54, 1.807) is 6.08 Å². The van der Waals surface area contributed by atoms with Gasteiger partial charge in [-0.25, -0.2) is 4.79 Å². The molecule has 1 saturated heterocycles. The number of nitrogens with zero attached hydrogens (tertiary/aromatic N) is 2. The number of hydrogen-bond acceptors (Lipinski definition) is 2. The second-order valence-electron chi connectivity index (χ2n) is 4.05. The zero-order valence-electron chi connectivity index (χ0n) is 7.81. The van der Waals surface area contributed by atoms with E-state index in [-0.39, 0.29) is 0 Å². The molecule has 0 aromatic carbocycles. The van der Waals surface area contributed by atoms with Crippen LogP contribution >= 0.6 is 0 Å². The first-order valence-corrected chi connectivity index (χ1v) is 4.76. The zero-order valence-corrected chi connectivity index (χ0v) is 7.81. The Morgan fingerprint density at radius 3 is 2.50 bits per heavy atom. The molecule has 4 heteroatoms. The number of allylic oxidation sites excluding steroid dienone is 2. The van der Waals surface area contributed by atoms with Crippen LogP contribution in [0.3, 0.4) is 0 Å². The number of rotatable bonds is 0. The van der Waals surface area contributed by atoms with E-state index >= 15 is 0 Å². The lowest BCUT2D eigenvalue weighted by molar-refractivity contribution is 0.152. The van der Waals surface area contributed by atoms with Gasteiger partial charge in [0.05, 0.1) is 6.07 Å². The predicted octanol–water partition coefficient (Wildman–Crippen LogP) is 1.46. The van der Waals surface area contributed by atoms with E-state index in [0.29, 0.717) is 24.9 Å². The molecule has 1 aliphatic heterocycles. The highest BCUT2D eigenvalue weighted by Crippen LogP contribution is 2.40. The smallest absolute Gasteiger partial charge is 0.407 e. The summed E-state index contributed by atoms with van der Waals surface area (Å²) < 4.78 is 0. The fourth-order valence-corrected chi connectivity index (χ4v) is 2.52. The third kappa shape index (κ3) is 1.46. The summed E-state index contributed by atoms with van der Waals surface area (Å²) in [5.74, 6) is 0.899. The van der Waals surface area contributed by atoms with E-state index in [0.717, 1.165) is 12.8 Å². The van der Waals surface area contributed by atoms with E-state index in [1.165, 1.54) is 10.5 Å². The van der Waals surface area contributed by atoms with Gasteiger partial charge in [-0.1, -0.05) is 5.57 Å². The molecule has 1 amide bonds. The van der Waals surface area contributed by atoms with Crippen LogP contribution in [0.1, 0.15) is 12.8 Å². The second-order valence-corrected chi connectivity index (χ2v) is 4.05. The van der Waals surface area contributed by atoms with Gasteiger partial charge in [0.1, 0.15) is 0 Å². The van der Waals surface area contributed by atoms with Crippen molar-refractivity contribution >= 4 is 6.09 Å². The molecule has 0 unspecified atom stereocenters. The molecule has 0 spiro atoms. The fourth-order valence-electron chi connectivity index (χ4n) is 2.52. The van der Waals surface area contributed by atoms with Gasteiger partial charge in [-0.2, -0.15) is 5.26 Å². The third-order valence-corrected chi connectivity index (χ3v) is 3.16. The quantitative estimate of drug-likeness (QED) is 0.591. The van der Waals surface area contributed by atoms with Gasteiger partial charge in [0.25, 0.3) is 0 Å².